The van der Waals surface area contributed by atoms with Gasteiger partial charge in [-0.15, -0.1) is 10.2 Å². The van der Waals surface area contributed by atoms with E-state index in [9.17, 15) is 9.59 Å². The minimum atomic E-state index is -0.474. The maximum absolute atomic E-state index is 12.7. The van der Waals surface area contributed by atoms with Gasteiger partial charge in [0.1, 0.15) is 6.54 Å². The fraction of sp³-hybridized carbons (Fsp3) is 0.222. The number of amides is 1. The van der Waals surface area contributed by atoms with Crippen LogP contribution in [0.4, 0.5) is 5.69 Å². The van der Waals surface area contributed by atoms with Crippen molar-refractivity contribution < 1.29 is 23.2 Å². The van der Waals surface area contributed by atoms with E-state index >= 15 is 0 Å². The lowest BCUT2D eigenvalue weighted by atomic mass is 10.3. The van der Waals surface area contributed by atoms with Gasteiger partial charge in [0.15, 0.2) is 5.76 Å². The summed E-state index contributed by atoms with van der Waals surface area (Å²) in [4.78, 5) is 25.9. The minimum Gasteiger partial charge on any atom is -0.465 e. The summed E-state index contributed by atoms with van der Waals surface area (Å²) in [5, 5.41) is 8.01. The normalized spacial score (nSPS) is 10.6. The third-order valence-electron chi connectivity index (χ3n) is 3.42. The first-order valence-corrected chi connectivity index (χ1v) is 9.17. The van der Waals surface area contributed by atoms with Crippen molar-refractivity contribution in [2.24, 2.45) is 0 Å². The molecule has 9 heteroatoms. The van der Waals surface area contributed by atoms with Gasteiger partial charge < -0.3 is 18.5 Å². The second-order valence-electron chi connectivity index (χ2n) is 5.26. The van der Waals surface area contributed by atoms with Crippen LogP contribution in [0.15, 0.2) is 62.8 Å². The molecule has 0 unspecified atom stereocenters. The number of furan rings is 1. The Balaban J connectivity index is 1.66. The second kappa shape index (κ2) is 9.04. The molecule has 2 heterocycles. The molecule has 1 aromatic carbocycles. The maximum atomic E-state index is 12.7. The quantitative estimate of drug-likeness (QED) is 0.430. The molecule has 0 spiro atoms. The van der Waals surface area contributed by atoms with Crippen LogP contribution in [-0.4, -0.2) is 41.0 Å². The average molecular weight is 387 g/mol. The number of nitrogens with zero attached hydrogens (tertiary/aromatic N) is 3. The molecule has 0 atom stereocenters. The fourth-order valence-corrected chi connectivity index (χ4v) is 2.88. The number of ether oxygens (including phenoxy) is 1. The zero-order valence-electron chi connectivity index (χ0n) is 14.5. The van der Waals surface area contributed by atoms with Crippen LogP contribution in [0.5, 0.6) is 0 Å². The van der Waals surface area contributed by atoms with Crippen LogP contribution < -0.4 is 4.90 Å². The summed E-state index contributed by atoms with van der Waals surface area (Å²) < 4.78 is 15.6. The van der Waals surface area contributed by atoms with Gasteiger partial charge in [-0.1, -0.05) is 30.0 Å². The fourth-order valence-electron chi connectivity index (χ4n) is 2.24. The maximum Gasteiger partial charge on any atom is 0.326 e. The predicted molar refractivity (Wildman–Crippen MR) is 98.2 cm³/mol. The highest BCUT2D eigenvalue weighted by atomic mass is 32.2. The van der Waals surface area contributed by atoms with E-state index in [0.29, 0.717) is 11.4 Å². The molecule has 2 aromatic heterocycles. The molecule has 8 nitrogen and oxygen atoms in total. The van der Waals surface area contributed by atoms with Crippen LogP contribution >= 0.6 is 11.8 Å². The third-order valence-corrected chi connectivity index (χ3v) is 4.22. The van der Waals surface area contributed by atoms with Gasteiger partial charge in [-0.05, 0) is 31.2 Å². The molecular formula is C18H17N3O5S. The van der Waals surface area contributed by atoms with Gasteiger partial charge in [0.25, 0.3) is 11.1 Å². The number of para-hydroxylation sites is 1. The van der Waals surface area contributed by atoms with Crippen molar-refractivity contribution in [3.05, 3.63) is 48.7 Å². The van der Waals surface area contributed by atoms with Gasteiger partial charge >= 0.3 is 5.97 Å². The molecule has 0 N–H and O–H groups in total. The number of aromatic nitrogens is 2. The molecule has 140 valence electrons. The molecular weight excluding hydrogens is 370 g/mol. The largest absolute Gasteiger partial charge is 0.465 e. The van der Waals surface area contributed by atoms with Gasteiger partial charge in [0.05, 0.1) is 18.6 Å². The first-order valence-electron chi connectivity index (χ1n) is 8.18. The summed E-state index contributed by atoms with van der Waals surface area (Å²) >= 11 is 1.08. The number of rotatable bonds is 8. The lowest BCUT2D eigenvalue weighted by Crippen LogP contribution is -2.37. The van der Waals surface area contributed by atoms with E-state index in [1.807, 2.05) is 6.07 Å². The zero-order valence-corrected chi connectivity index (χ0v) is 15.3. The van der Waals surface area contributed by atoms with Crippen molar-refractivity contribution >= 4 is 29.3 Å². The van der Waals surface area contributed by atoms with Crippen LogP contribution in [0.2, 0.25) is 0 Å². The predicted octanol–water partition coefficient (Wildman–Crippen LogP) is 3.02. The molecule has 0 aliphatic rings. The highest BCUT2D eigenvalue weighted by Crippen LogP contribution is 2.24. The van der Waals surface area contributed by atoms with Crippen molar-refractivity contribution in [1.82, 2.24) is 10.2 Å². The summed E-state index contributed by atoms with van der Waals surface area (Å²) in [6.45, 7) is 1.80. The third kappa shape index (κ3) is 4.98. The molecule has 0 fully saturated rings. The number of carbonyl (C=O) groups excluding carboxylic acids is 2. The van der Waals surface area contributed by atoms with Gasteiger partial charge in [0.2, 0.25) is 5.91 Å². The van der Waals surface area contributed by atoms with Crippen LogP contribution in [0.25, 0.3) is 11.7 Å². The Labute approximate surface area is 159 Å². The van der Waals surface area contributed by atoms with Crippen molar-refractivity contribution in [1.29, 1.82) is 0 Å². The van der Waals surface area contributed by atoms with Crippen molar-refractivity contribution in [2.75, 3.05) is 23.8 Å². The Hall–Kier alpha value is -3.07. The molecule has 0 saturated carbocycles. The van der Waals surface area contributed by atoms with Crippen molar-refractivity contribution in [3.63, 3.8) is 0 Å². The Morgan fingerprint density at radius 3 is 2.67 bits per heavy atom. The summed E-state index contributed by atoms with van der Waals surface area (Å²) in [5.41, 5.74) is 0.609. The SMILES string of the molecule is CCOC(=O)CN(C(=O)CSc1nnc(-c2ccco2)o1)c1ccccc1. The first-order chi connectivity index (χ1) is 13.2. The first kappa shape index (κ1) is 18.7. The molecule has 0 aliphatic carbocycles. The standard InChI is InChI=1S/C18H17N3O5S/c1-2-24-16(23)11-21(13-7-4-3-5-8-13)15(22)12-27-18-20-19-17(26-18)14-9-6-10-25-14/h3-10H,2,11-12H2,1H3. The highest BCUT2D eigenvalue weighted by Gasteiger charge is 2.21. The molecule has 3 rings (SSSR count). The summed E-state index contributed by atoms with van der Waals surface area (Å²) in [6, 6.07) is 12.3. The van der Waals surface area contributed by atoms with E-state index in [1.54, 1.807) is 43.3 Å². The van der Waals surface area contributed by atoms with E-state index in [1.165, 1.54) is 11.2 Å². The van der Waals surface area contributed by atoms with Crippen LogP contribution in [0.3, 0.4) is 0 Å². The summed E-state index contributed by atoms with van der Waals surface area (Å²) in [6.07, 6.45) is 1.50. The van der Waals surface area contributed by atoms with Crippen LogP contribution in [0.1, 0.15) is 6.92 Å². The lowest BCUT2D eigenvalue weighted by molar-refractivity contribution is -0.142. The zero-order chi connectivity index (χ0) is 19.1. The van der Waals surface area contributed by atoms with E-state index < -0.39 is 5.97 Å². The molecule has 0 saturated heterocycles. The molecule has 0 bridgehead atoms. The van der Waals surface area contributed by atoms with E-state index in [4.69, 9.17) is 13.6 Å². The van der Waals surface area contributed by atoms with Crippen LogP contribution in [0, 0.1) is 0 Å². The monoisotopic (exact) mass is 387 g/mol. The Morgan fingerprint density at radius 2 is 1.96 bits per heavy atom. The second-order valence-corrected chi connectivity index (χ2v) is 6.19. The minimum absolute atomic E-state index is 0.0219. The Kier molecular flexibility index (Phi) is 6.26. The number of thioether (sulfide) groups is 1. The average Bonchev–Trinajstić information content (AvgIpc) is 3.36. The number of hydrogen-bond acceptors (Lipinski definition) is 8. The number of esters is 1. The number of carbonyl (C=O) groups is 2. The summed E-state index contributed by atoms with van der Waals surface area (Å²) in [5.74, 6) is -0.0430. The number of benzene rings is 1. The van der Waals surface area contributed by atoms with E-state index in [-0.39, 0.29) is 35.9 Å². The summed E-state index contributed by atoms with van der Waals surface area (Å²) in [7, 11) is 0. The topological polar surface area (TPSA) is 98.7 Å². The van der Waals surface area contributed by atoms with E-state index in [0.717, 1.165) is 11.8 Å². The van der Waals surface area contributed by atoms with Crippen LogP contribution in [-0.2, 0) is 14.3 Å². The highest BCUT2D eigenvalue weighted by molar-refractivity contribution is 7.99. The van der Waals surface area contributed by atoms with E-state index in [2.05, 4.69) is 10.2 Å². The van der Waals surface area contributed by atoms with Crippen molar-refractivity contribution in [2.45, 2.75) is 12.1 Å². The van der Waals surface area contributed by atoms with Gasteiger partial charge in [-0.3, -0.25) is 9.59 Å². The molecule has 3 aromatic rings. The lowest BCUT2D eigenvalue weighted by Gasteiger charge is -2.21. The Bertz CT molecular complexity index is 880. The molecule has 27 heavy (non-hydrogen) atoms. The Morgan fingerprint density at radius 1 is 1.15 bits per heavy atom. The number of hydrogen-bond donors (Lipinski definition) is 0. The van der Waals surface area contributed by atoms with Gasteiger partial charge in [-0.2, -0.15) is 0 Å². The van der Waals surface area contributed by atoms with Gasteiger partial charge in [-0.25, -0.2) is 0 Å². The number of anilines is 1. The van der Waals surface area contributed by atoms with Crippen molar-refractivity contribution in [3.8, 4) is 11.7 Å². The van der Waals surface area contributed by atoms with Gasteiger partial charge in [0, 0.05) is 5.69 Å². The molecule has 0 aliphatic heterocycles. The smallest absolute Gasteiger partial charge is 0.326 e. The molecule has 0 radical (unpaired) electrons. The molecule has 1 amide bonds.